The standard InChI is InChI=1S/C16H25BrO3/c1-10-15(4)7-5-11-14(2,3)12(17)6-8-16(10,11)9-19-13(18)20-15/h10-12H,5-9H2,1-4H3/t10-,11+,12+,15-,16+/m1/s1. The molecule has 0 amide bonds. The minimum Gasteiger partial charge on any atom is -0.434 e. The third-order valence-electron chi connectivity index (χ3n) is 6.75. The van der Waals surface area contributed by atoms with Gasteiger partial charge in [0.15, 0.2) is 0 Å². The Hall–Kier alpha value is -0.250. The molecule has 2 saturated carbocycles. The molecule has 0 aromatic heterocycles. The molecular formula is C16H25BrO3. The third-order valence-corrected chi connectivity index (χ3v) is 8.38. The number of hydrogen-bond donors (Lipinski definition) is 0. The van der Waals surface area contributed by atoms with Crippen LogP contribution in [-0.2, 0) is 9.47 Å². The van der Waals surface area contributed by atoms with Crippen LogP contribution in [0, 0.1) is 22.7 Å². The number of carbonyl (C=O) groups excluding carboxylic acids is 1. The number of cyclic esters (lactones) is 1. The predicted molar refractivity (Wildman–Crippen MR) is 80.9 cm³/mol. The van der Waals surface area contributed by atoms with Gasteiger partial charge in [-0.1, -0.05) is 36.7 Å². The number of alkyl halides is 1. The van der Waals surface area contributed by atoms with E-state index in [1.165, 1.54) is 0 Å². The first-order valence-corrected chi connectivity index (χ1v) is 8.64. The van der Waals surface area contributed by atoms with E-state index in [1.807, 2.05) is 0 Å². The molecule has 4 heteroatoms. The molecule has 2 aliphatic carbocycles. The van der Waals surface area contributed by atoms with Gasteiger partial charge in [-0.2, -0.15) is 0 Å². The number of hydrogen-bond acceptors (Lipinski definition) is 3. The molecule has 3 rings (SSSR count). The highest BCUT2D eigenvalue weighted by molar-refractivity contribution is 9.09. The fourth-order valence-corrected chi connectivity index (χ4v) is 5.73. The van der Waals surface area contributed by atoms with Crippen molar-refractivity contribution >= 4 is 22.1 Å². The van der Waals surface area contributed by atoms with Crippen LogP contribution < -0.4 is 0 Å². The molecule has 114 valence electrons. The second-order valence-electron chi connectivity index (χ2n) is 7.83. The van der Waals surface area contributed by atoms with Crippen LogP contribution in [0.2, 0.25) is 0 Å². The molecular weight excluding hydrogens is 320 g/mol. The zero-order chi connectivity index (χ0) is 14.8. The van der Waals surface area contributed by atoms with E-state index in [0.29, 0.717) is 23.3 Å². The van der Waals surface area contributed by atoms with Gasteiger partial charge in [-0.05, 0) is 43.9 Å². The number of rotatable bonds is 0. The van der Waals surface area contributed by atoms with Gasteiger partial charge >= 0.3 is 6.16 Å². The summed E-state index contributed by atoms with van der Waals surface area (Å²) in [5, 5.41) is 0. The summed E-state index contributed by atoms with van der Waals surface area (Å²) in [7, 11) is 0. The molecule has 1 spiro atoms. The van der Waals surface area contributed by atoms with Crippen molar-refractivity contribution < 1.29 is 14.3 Å². The first-order chi connectivity index (χ1) is 9.22. The summed E-state index contributed by atoms with van der Waals surface area (Å²) >= 11 is 3.88. The molecule has 2 bridgehead atoms. The van der Waals surface area contributed by atoms with Crippen molar-refractivity contribution in [2.45, 2.75) is 63.8 Å². The molecule has 0 radical (unpaired) electrons. The number of ether oxygens (including phenoxy) is 2. The topological polar surface area (TPSA) is 35.5 Å². The van der Waals surface area contributed by atoms with Gasteiger partial charge in [-0.3, -0.25) is 0 Å². The summed E-state index contributed by atoms with van der Waals surface area (Å²) in [5.41, 5.74) is -0.0587. The lowest BCUT2D eigenvalue weighted by molar-refractivity contribution is -0.153. The molecule has 0 N–H and O–H groups in total. The van der Waals surface area contributed by atoms with Crippen LogP contribution in [0.4, 0.5) is 4.79 Å². The Kier molecular flexibility index (Phi) is 3.21. The van der Waals surface area contributed by atoms with Crippen molar-refractivity contribution in [1.82, 2.24) is 0 Å². The van der Waals surface area contributed by atoms with Crippen LogP contribution in [0.1, 0.15) is 53.4 Å². The first kappa shape index (κ1) is 14.7. The summed E-state index contributed by atoms with van der Waals surface area (Å²) < 4.78 is 11.1. The van der Waals surface area contributed by atoms with Gasteiger partial charge in [0.05, 0.1) is 0 Å². The van der Waals surface area contributed by atoms with E-state index in [0.717, 1.165) is 25.7 Å². The average molecular weight is 345 g/mol. The van der Waals surface area contributed by atoms with Crippen LogP contribution in [0.3, 0.4) is 0 Å². The first-order valence-electron chi connectivity index (χ1n) is 7.72. The number of halogens is 1. The lowest BCUT2D eigenvalue weighted by Crippen LogP contribution is -2.61. The lowest BCUT2D eigenvalue weighted by atomic mass is 9.45. The maximum Gasteiger partial charge on any atom is 0.508 e. The highest BCUT2D eigenvalue weighted by atomic mass is 79.9. The molecule has 0 aromatic carbocycles. The minimum absolute atomic E-state index is 0.0763. The lowest BCUT2D eigenvalue weighted by Gasteiger charge is -2.61. The highest BCUT2D eigenvalue weighted by Crippen LogP contribution is 2.64. The van der Waals surface area contributed by atoms with Crippen LogP contribution >= 0.6 is 15.9 Å². The molecule has 5 atom stereocenters. The van der Waals surface area contributed by atoms with Gasteiger partial charge in [0.2, 0.25) is 0 Å². The summed E-state index contributed by atoms with van der Waals surface area (Å²) in [6, 6.07) is 0. The fraction of sp³-hybridized carbons (Fsp3) is 0.938. The van der Waals surface area contributed by atoms with E-state index >= 15 is 0 Å². The van der Waals surface area contributed by atoms with Crippen molar-refractivity contribution in [2.24, 2.45) is 22.7 Å². The Bertz CT molecular complexity index is 435. The Morgan fingerprint density at radius 2 is 1.90 bits per heavy atom. The van der Waals surface area contributed by atoms with E-state index < -0.39 is 6.16 Å². The number of fused-ring (bicyclic) bond motifs is 1. The molecule has 3 aliphatic rings. The van der Waals surface area contributed by atoms with Gasteiger partial charge in [0.25, 0.3) is 0 Å². The molecule has 1 aliphatic heterocycles. The largest absolute Gasteiger partial charge is 0.508 e. The second-order valence-corrected chi connectivity index (χ2v) is 8.93. The van der Waals surface area contributed by atoms with Gasteiger partial charge in [-0.25, -0.2) is 4.79 Å². The zero-order valence-corrected chi connectivity index (χ0v) is 14.5. The molecule has 3 nitrogen and oxygen atoms in total. The molecule has 0 aromatic rings. The Balaban J connectivity index is 2.06. The molecule has 0 unspecified atom stereocenters. The van der Waals surface area contributed by atoms with Crippen LogP contribution in [0.5, 0.6) is 0 Å². The summed E-state index contributed by atoms with van der Waals surface area (Å²) in [6.07, 6.45) is 3.84. The Labute approximate surface area is 129 Å². The van der Waals surface area contributed by atoms with Gasteiger partial charge in [0, 0.05) is 16.2 Å². The summed E-state index contributed by atoms with van der Waals surface area (Å²) in [4.78, 5) is 12.4. The van der Waals surface area contributed by atoms with E-state index in [9.17, 15) is 4.79 Å². The van der Waals surface area contributed by atoms with Crippen LogP contribution in [0.15, 0.2) is 0 Å². The van der Waals surface area contributed by atoms with Crippen molar-refractivity contribution in [3.63, 3.8) is 0 Å². The smallest absolute Gasteiger partial charge is 0.434 e. The monoisotopic (exact) mass is 344 g/mol. The van der Waals surface area contributed by atoms with Gasteiger partial charge < -0.3 is 9.47 Å². The fourth-order valence-electron chi connectivity index (χ4n) is 5.18. The Morgan fingerprint density at radius 1 is 1.20 bits per heavy atom. The average Bonchev–Trinajstić information content (AvgIpc) is 2.43. The number of carbonyl (C=O) groups is 1. The SMILES string of the molecule is C[C@H]1[C@@]23CC[C@H](Br)C(C)(C)[C@@H]2CC[C@@]1(C)OC(=O)OC3. The van der Waals surface area contributed by atoms with Crippen LogP contribution in [-0.4, -0.2) is 23.2 Å². The van der Waals surface area contributed by atoms with E-state index in [4.69, 9.17) is 9.47 Å². The van der Waals surface area contributed by atoms with Gasteiger partial charge in [-0.15, -0.1) is 0 Å². The third kappa shape index (κ3) is 1.79. The highest BCUT2D eigenvalue weighted by Gasteiger charge is 2.64. The van der Waals surface area contributed by atoms with Crippen molar-refractivity contribution in [2.75, 3.05) is 6.61 Å². The van der Waals surface area contributed by atoms with Gasteiger partial charge in [0.1, 0.15) is 12.2 Å². The maximum absolute atomic E-state index is 11.8. The second kappa shape index (κ2) is 4.37. The molecule has 20 heavy (non-hydrogen) atoms. The zero-order valence-electron chi connectivity index (χ0n) is 12.9. The maximum atomic E-state index is 11.8. The molecule has 1 saturated heterocycles. The minimum atomic E-state index is -0.476. The molecule has 3 fully saturated rings. The van der Waals surface area contributed by atoms with E-state index in [-0.39, 0.29) is 16.4 Å². The summed E-state index contributed by atoms with van der Waals surface area (Å²) in [5.74, 6) is 0.921. The van der Waals surface area contributed by atoms with E-state index in [1.54, 1.807) is 0 Å². The van der Waals surface area contributed by atoms with Crippen molar-refractivity contribution in [1.29, 1.82) is 0 Å². The Morgan fingerprint density at radius 3 is 2.60 bits per heavy atom. The predicted octanol–water partition coefficient (Wildman–Crippen LogP) is 4.53. The van der Waals surface area contributed by atoms with Crippen molar-refractivity contribution in [3.05, 3.63) is 0 Å². The molecule has 1 heterocycles. The quantitative estimate of drug-likeness (QED) is 0.478. The normalized spacial score (nSPS) is 50.5. The van der Waals surface area contributed by atoms with Crippen molar-refractivity contribution in [3.8, 4) is 0 Å². The van der Waals surface area contributed by atoms with E-state index in [2.05, 4.69) is 43.6 Å². The summed E-state index contributed by atoms with van der Waals surface area (Å²) in [6.45, 7) is 9.60. The van der Waals surface area contributed by atoms with Crippen LogP contribution in [0.25, 0.3) is 0 Å².